The molecule has 2 aliphatic carbocycles. The minimum atomic E-state index is -0.747. The lowest BCUT2D eigenvalue weighted by molar-refractivity contribution is 0.473. The quantitative estimate of drug-likeness (QED) is 0.107. The van der Waals surface area contributed by atoms with Crippen LogP contribution in [-0.2, 0) is 10.8 Å². The molecule has 0 radical (unpaired) electrons. The lowest BCUT2D eigenvalue weighted by atomic mass is 9.64. The third kappa shape index (κ3) is 11.4. The first-order valence-electron chi connectivity index (χ1n) is 46.7. The Bertz CT molecular complexity index is 8610. The van der Waals surface area contributed by atoms with Gasteiger partial charge >= 0.3 is 0 Å². The highest BCUT2D eigenvalue weighted by molar-refractivity contribution is 6.13. The molecule has 136 heavy (non-hydrogen) atoms. The molecule has 8 nitrogen and oxygen atoms in total. The van der Waals surface area contributed by atoms with Crippen molar-refractivity contribution in [1.29, 1.82) is 0 Å². The molecule has 21 aromatic carbocycles. The maximum absolute atomic E-state index is 7.13. The Kier molecular flexibility index (Phi) is 17.1. The minimum Gasteiger partial charge on any atom is -0.454 e. The van der Waals surface area contributed by atoms with Gasteiger partial charge in [0, 0.05) is 56.0 Å². The van der Waals surface area contributed by atoms with Gasteiger partial charge in [0.25, 0.3) is 0 Å². The van der Waals surface area contributed by atoms with Gasteiger partial charge in [-0.3, -0.25) is 0 Å². The van der Waals surface area contributed by atoms with Crippen LogP contribution in [0.2, 0.25) is 0 Å². The molecule has 0 amide bonds. The van der Waals surface area contributed by atoms with Crippen LogP contribution in [0.25, 0.3) is 99.8 Å². The fraction of sp³-hybridized carbons (Fsp3) is 0.0156. The molecular formula is C128H81N5O3. The number of nitrogens with zero attached hydrogens (tertiary/aromatic N) is 5. The van der Waals surface area contributed by atoms with Gasteiger partial charge in [-0.05, 0) is 269 Å². The summed E-state index contributed by atoms with van der Waals surface area (Å²) in [5, 5.41) is 2.11. The normalized spacial score (nSPS) is 14.8. The van der Waals surface area contributed by atoms with E-state index in [1.807, 2.05) is 0 Å². The summed E-state index contributed by atoms with van der Waals surface area (Å²) in [5.41, 5.74) is 41.2. The van der Waals surface area contributed by atoms with Crippen LogP contribution < -0.4 is 34.0 Å². The van der Waals surface area contributed by atoms with Gasteiger partial charge in [-0.1, -0.05) is 334 Å². The largest absolute Gasteiger partial charge is 0.454 e. The maximum atomic E-state index is 7.13. The molecule has 1 aromatic heterocycles. The van der Waals surface area contributed by atoms with Gasteiger partial charge in [0.05, 0.1) is 62.0 Å². The Morgan fingerprint density at radius 1 is 0.191 bits per heavy atom. The predicted molar refractivity (Wildman–Crippen MR) is 556 cm³/mol. The fourth-order valence-corrected chi connectivity index (χ4v) is 23.4. The van der Waals surface area contributed by atoms with Crippen LogP contribution >= 0.6 is 0 Å². The van der Waals surface area contributed by atoms with Gasteiger partial charge in [0.2, 0.25) is 0 Å². The Balaban J connectivity index is 0.537. The van der Waals surface area contributed by atoms with Gasteiger partial charge < -0.3 is 38.4 Å². The zero-order valence-corrected chi connectivity index (χ0v) is 73.7. The predicted octanol–water partition coefficient (Wildman–Crippen LogP) is 34.8. The standard InChI is InChI=1S/C128H81N5O3/c1-4-32-82(33-5-1)90-78-91(83-34-6-2-7-35-83)80-97(79-90)130(114-60-28-52-106-122(114)100-45-10-13-48-102(100)127(106)104-50-15-17-56-110(104)132-112-58-19-22-64-118(112)134-120-66-30-54-108(127)124(120)132)94-74-70-85(71-75-94)87-37-25-39-89(77-87)88-38-24-36-86(76-88)84-68-72-93(73-69-84)129(92-40-8-3-9-41-92)95-42-26-43-96(81-95)131(116-62-27-47-99-98-44-12-21-63-117(98)136-126(99)116)115-61-29-53-107-123(115)101-46-11-14-49-103(101)128(107)105-51-16-18-57-111(105)133-113-59-20-23-65-119(113)135-121-67-31-55-109(128)125(121)133/h1-81H. The Hall–Kier alpha value is -18.0. The molecule has 0 fully saturated rings. The molecular weight excluding hydrogens is 1660 g/mol. The van der Waals surface area contributed by atoms with Crippen molar-refractivity contribution in [3.05, 3.63) is 536 Å². The molecule has 0 N–H and O–H groups in total. The van der Waals surface area contributed by atoms with E-state index in [0.717, 1.165) is 203 Å². The molecule has 636 valence electrons. The van der Waals surface area contributed by atoms with E-state index in [-0.39, 0.29) is 0 Å². The van der Waals surface area contributed by atoms with Crippen molar-refractivity contribution in [1.82, 2.24) is 0 Å². The number of hydrogen-bond acceptors (Lipinski definition) is 8. The van der Waals surface area contributed by atoms with E-state index < -0.39 is 10.8 Å². The van der Waals surface area contributed by atoms with E-state index in [1.165, 1.54) is 50.1 Å². The van der Waals surface area contributed by atoms with Crippen molar-refractivity contribution >= 4 is 107 Å². The number of benzene rings is 21. The second-order valence-corrected chi connectivity index (χ2v) is 36.0. The zero-order chi connectivity index (χ0) is 89.3. The molecule has 5 heterocycles. The Labute approximate surface area is 787 Å². The third-order valence-electron chi connectivity index (χ3n) is 28.9. The monoisotopic (exact) mass is 1740 g/mol. The average molecular weight is 1740 g/mol. The summed E-state index contributed by atoms with van der Waals surface area (Å²) in [6.07, 6.45) is 0. The molecule has 2 atom stereocenters. The number of ether oxygens (including phenoxy) is 2. The maximum Gasteiger partial charge on any atom is 0.159 e. The minimum absolute atomic E-state index is 0.723. The van der Waals surface area contributed by atoms with E-state index in [2.05, 4.69) is 516 Å². The van der Waals surface area contributed by atoms with Crippen LogP contribution in [0.15, 0.2) is 496 Å². The van der Waals surface area contributed by atoms with E-state index in [1.54, 1.807) is 0 Å². The first-order valence-corrected chi connectivity index (χ1v) is 46.7. The van der Waals surface area contributed by atoms with Crippen LogP contribution in [-0.4, -0.2) is 0 Å². The smallest absolute Gasteiger partial charge is 0.159 e. The fourth-order valence-electron chi connectivity index (χ4n) is 23.4. The van der Waals surface area contributed by atoms with Gasteiger partial charge in [-0.2, -0.15) is 0 Å². The highest BCUT2D eigenvalue weighted by Crippen LogP contribution is 2.71. The summed E-state index contributed by atoms with van der Waals surface area (Å²) in [5.74, 6) is 3.33. The number of rotatable bonds is 14. The second kappa shape index (κ2) is 30.3. The number of hydrogen-bond donors (Lipinski definition) is 0. The van der Waals surface area contributed by atoms with Gasteiger partial charge in [-0.25, -0.2) is 0 Å². The van der Waals surface area contributed by atoms with Crippen LogP contribution in [0.1, 0.15) is 44.5 Å². The van der Waals surface area contributed by atoms with Crippen LogP contribution in [0.5, 0.6) is 23.0 Å². The van der Waals surface area contributed by atoms with Crippen LogP contribution in [0.3, 0.4) is 0 Å². The summed E-state index contributed by atoms with van der Waals surface area (Å²) >= 11 is 0. The number of anilines is 15. The summed E-state index contributed by atoms with van der Waals surface area (Å²) in [7, 11) is 0. The van der Waals surface area contributed by atoms with Gasteiger partial charge in [0.15, 0.2) is 28.6 Å². The number of para-hydroxylation sites is 11. The lowest BCUT2D eigenvalue weighted by Gasteiger charge is -2.47. The summed E-state index contributed by atoms with van der Waals surface area (Å²) in [6.45, 7) is 0. The zero-order valence-electron chi connectivity index (χ0n) is 73.7. The van der Waals surface area contributed by atoms with Gasteiger partial charge in [0.1, 0.15) is 5.58 Å². The van der Waals surface area contributed by atoms with Crippen molar-refractivity contribution in [2.75, 3.05) is 24.5 Å². The van der Waals surface area contributed by atoms with Crippen molar-refractivity contribution in [3.63, 3.8) is 0 Å². The highest BCUT2D eigenvalue weighted by Gasteiger charge is 2.57. The summed E-state index contributed by atoms with van der Waals surface area (Å²) < 4.78 is 21.0. The average Bonchev–Trinajstić information content (AvgIpc) is 1.53. The molecule has 4 aliphatic heterocycles. The molecule has 0 saturated heterocycles. The van der Waals surface area contributed by atoms with Crippen molar-refractivity contribution in [2.45, 2.75) is 10.8 Å². The van der Waals surface area contributed by atoms with E-state index in [0.29, 0.717) is 0 Å². The summed E-state index contributed by atoms with van der Waals surface area (Å²) in [4.78, 5) is 12.2. The molecule has 28 rings (SSSR count). The van der Waals surface area contributed by atoms with Gasteiger partial charge in [-0.15, -0.1) is 0 Å². The molecule has 2 unspecified atom stereocenters. The Morgan fingerprint density at radius 3 is 1.08 bits per heavy atom. The van der Waals surface area contributed by atoms with Crippen LogP contribution in [0.4, 0.5) is 85.3 Å². The molecule has 22 aromatic rings. The van der Waals surface area contributed by atoms with Crippen molar-refractivity contribution in [2.24, 2.45) is 0 Å². The van der Waals surface area contributed by atoms with E-state index >= 15 is 0 Å². The van der Waals surface area contributed by atoms with Crippen molar-refractivity contribution < 1.29 is 13.9 Å². The van der Waals surface area contributed by atoms with Crippen LogP contribution in [0, 0.1) is 0 Å². The lowest BCUT2D eigenvalue weighted by Crippen LogP contribution is -2.37. The third-order valence-corrected chi connectivity index (χ3v) is 28.9. The van der Waals surface area contributed by atoms with E-state index in [9.17, 15) is 0 Å². The summed E-state index contributed by atoms with van der Waals surface area (Å²) in [6, 6.07) is 180. The first-order chi connectivity index (χ1) is 67.5. The molecule has 6 aliphatic rings. The number of furan rings is 1. The first kappa shape index (κ1) is 76.8. The second-order valence-electron chi connectivity index (χ2n) is 36.0. The highest BCUT2D eigenvalue weighted by atomic mass is 16.5. The molecule has 2 spiro atoms. The number of fused-ring (bicyclic) bond motifs is 25. The Morgan fingerprint density at radius 2 is 0.537 bits per heavy atom. The molecule has 8 heteroatoms. The molecule has 0 bridgehead atoms. The SMILES string of the molecule is c1ccc(-c2cc(-c3ccccc3)cc(N(c3ccc(-c4cccc(-c5cccc(-c6ccc(N(c7ccccc7)c7cccc(N(c8cccc9c8-c8ccccc8C98c9ccccc9N9c%10ccccc%10Oc%10cccc8c%109)c8cccc9c8oc8ccccc89)c7)cc6)c5)c4)cc3)c3cccc4c3-c3ccccc3C43c4ccccc4N4c5ccccc5Oc5cccc3c54)c2)cc1. The van der Waals surface area contributed by atoms with Crippen molar-refractivity contribution in [3.8, 4) is 101 Å². The molecule has 0 saturated carbocycles. The topological polar surface area (TPSA) is 47.8 Å². The van der Waals surface area contributed by atoms with E-state index in [4.69, 9.17) is 13.9 Å².